The van der Waals surface area contributed by atoms with E-state index in [0.29, 0.717) is 24.3 Å². The van der Waals surface area contributed by atoms with E-state index in [1.54, 1.807) is 20.1 Å². The molecule has 1 rings (SSSR count). The van der Waals surface area contributed by atoms with Crippen LogP contribution < -0.4 is 10.1 Å². The van der Waals surface area contributed by atoms with Crippen LogP contribution in [0.2, 0.25) is 0 Å². The van der Waals surface area contributed by atoms with Crippen molar-refractivity contribution in [3.8, 4) is 5.75 Å². The van der Waals surface area contributed by atoms with Gasteiger partial charge in [-0.15, -0.1) is 0 Å². The fourth-order valence-corrected chi connectivity index (χ4v) is 1.51. The van der Waals surface area contributed by atoms with Crippen molar-refractivity contribution in [2.24, 2.45) is 0 Å². The molecule has 1 aromatic heterocycles. The number of hydrogen-bond acceptors (Lipinski definition) is 5. The molecule has 1 unspecified atom stereocenters. The van der Waals surface area contributed by atoms with E-state index in [1.165, 1.54) is 19.5 Å². The highest BCUT2D eigenvalue weighted by molar-refractivity contribution is 5.96. The Morgan fingerprint density at radius 2 is 2.26 bits per heavy atom. The van der Waals surface area contributed by atoms with Crippen LogP contribution in [0.1, 0.15) is 23.7 Å². The van der Waals surface area contributed by atoms with E-state index >= 15 is 0 Å². The van der Waals surface area contributed by atoms with Crippen molar-refractivity contribution in [3.05, 3.63) is 24.0 Å². The van der Waals surface area contributed by atoms with Gasteiger partial charge in [-0.25, -0.2) is 0 Å². The molecule has 1 atom stereocenters. The normalized spacial score (nSPS) is 13.7. The minimum absolute atomic E-state index is 0.140. The first kappa shape index (κ1) is 15.4. The van der Waals surface area contributed by atoms with Crippen molar-refractivity contribution in [3.63, 3.8) is 0 Å². The van der Waals surface area contributed by atoms with Gasteiger partial charge in [0.05, 0.1) is 24.5 Å². The Labute approximate surface area is 112 Å². The number of methoxy groups -OCH3 is 2. The van der Waals surface area contributed by atoms with Crippen LogP contribution in [-0.2, 0) is 4.74 Å². The Balaban J connectivity index is 2.60. The first-order chi connectivity index (χ1) is 9.00. The lowest BCUT2D eigenvalue weighted by Crippen LogP contribution is -2.41. The second kappa shape index (κ2) is 7.06. The molecule has 0 saturated carbocycles. The maximum absolute atomic E-state index is 12.0. The zero-order valence-corrected chi connectivity index (χ0v) is 11.5. The van der Waals surface area contributed by atoms with Gasteiger partial charge in [0.1, 0.15) is 5.75 Å². The van der Waals surface area contributed by atoms with Gasteiger partial charge in [-0.3, -0.25) is 9.78 Å². The number of nitrogens with zero attached hydrogens (tertiary/aromatic N) is 1. The number of ether oxygens (including phenoxy) is 2. The Morgan fingerprint density at radius 1 is 1.53 bits per heavy atom. The molecule has 0 spiro atoms. The molecule has 6 nitrogen and oxygen atoms in total. The molecule has 0 saturated heterocycles. The molecule has 0 aliphatic rings. The molecule has 1 heterocycles. The predicted octanol–water partition coefficient (Wildman–Crippen LogP) is 0.607. The Kier molecular flexibility index (Phi) is 5.72. The number of aromatic nitrogens is 1. The van der Waals surface area contributed by atoms with Gasteiger partial charge >= 0.3 is 0 Å². The number of pyridine rings is 1. The molecule has 0 aromatic carbocycles. The Hall–Kier alpha value is -1.66. The standard InChI is InChI=1S/C13H20N2O4/c1-13(17,5-7-18-2)9-15-12(16)10-4-6-14-8-11(10)19-3/h4,6,8,17H,5,7,9H2,1-3H3,(H,15,16). The molecule has 0 bridgehead atoms. The number of carbonyl (C=O) groups excluding carboxylic acids is 1. The summed E-state index contributed by atoms with van der Waals surface area (Å²) in [4.78, 5) is 15.9. The van der Waals surface area contributed by atoms with Crippen LogP contribution in [0.15, 0.2) is 18.5 Å². The number of hydrogen-bond donors (Lipinski definition) is 2. The van der Waals surface area contributed by atoms with Crippen molar-refractivity contribution < 1.29 is 19.4 Å². The summed E-state index contributed by atoms with van der Waals surface area (Å²) >= 11 is 0. The number of carbonyl (C=O) groups is 1. The van der Waals surface area contributed by atoms with Gasteiger partial charge in [0.15, 0.2) is 0 Å². The minimum atomic E-state index is -1.01. The third-order valence-electron chi connectivity index (χ3n) is 2.72. The Bertz CT molecular complexity index is 421. The zero-order chi connectivity index (χ0) is 14.3. The van der Waals surface area contributed by atoms with E-state index in [-0.39, 0.29) is 12.5 Å². The number of nitrogens with one attached hydrogen (secondary N) is 1. The summed E-state index contributed by atoms with van der Waals surface area (Å²) in [5, 5.41) is 12.7. The largest absolute Gasteiger partial charge is 0.494 e. The van der Waals surface area contributed by atoms with Gasteiger partial charge in [-0.05, 0) is 13.0 Å². The average Bonchev–Trinajstić information content (AvgIpc) is 2.42. The van der Waals surface area contributed by atoms with Crippen molar-refractivity contribution >= 4 is 5.91 Å². The molecule has 1 amide bonds. The molecule has 6 heteroatoms. The highest BCUT2D eigenvalue weighted by Gasteiger charge is 2.22. The molecule has 0 aliphatic carbocycles. The van der Waals surface area contributed by atoms with Crippen LogP contribution in [0, 0.1) is 0 Å². The maximum Gasteiger partial charge on any atom is 0.255 e. The van der Waals surface area contributed by atoms with Crippen molar-refractivity contribution in [2.75, 3.05) is 27.4 Å². The Morgan fingerprint density at radius 3 is 2.89 bits per heavy atom. The van der Waals surface area contributed by atoms with Crippen LogP contribution in [0.5, 0.6) is 5.75 Å². The quantitative estimate of drug-likeness (QED) is 0.757. The molecule has 1 aromatic rings. The van der Waals surface area contributed by atoms with Crippen molar-refractivity contribution in [1.82, 2.24) is 10.3 Å². The number of rotatable bonds is 7. The van der Waals surface area contributed by atoms with E-state index in [2.05, 4.69) is 10.3 Å². The molecule has 106 valence electrons. The van der Waals surface area contributed by atoms with Crippen LogP contribution >= 0.6 is 0 Å². The van der Waals surface area contributed by atoms with Crippen LogP contribution in [0.25, 0.3) is 0 Å². The number of amides is 1. The third-order valence-corrected chi connectivity index (χ3v) is 2.72. The fourth-order valence-electron chi connectivity index (χ4n) is 1.51. The summed E-state index contributed by atoms with van der Waals surface area (Å²) < 4.78 is 9.96. The van der Waals surface area contributed by atoms with Gasteiger partial charge < -0.3 is 19.9 Å². The highest BCUT2D eigenvalue weighted by Crippen LogP contribution is 2.16. The van der Waals surface area contributed by atoms with Crippen molar-refractivity contribution in [2.45, 2.75) is 18.9 Å². The van der Waals surface area contributed by atoms with Gasteiger partial charge in [-0.2, -0.15) is 0 Å². The monoisotopic (exact) mass is 268 g/mol. The smallest absolute Gasteiger partial charge is 0.255 e. The minimum Gasteiger partial charge on any atom is -0.494 e. The molecule has 2 N–H and O–H groups in total. The lowest BCUT2D eigenvalue weighted by Gasteiger charge is -2.23. The second-order valence-corrected chi connectivity index (χ2v) is 4.50. The summed E-state index contributed by atoms with van der Waals surface area (Å²) in [6.07, 6.45) is 3.43. The average molecular weight is 268 g/mol. The molecule has 0 fully saturated rings. The van der Waals surface area contributed by atoms with Gasteiger partial charge in [-0.1, -0.05) is 0 Å². The first-order valence-electron chi connectivity index (χ1n) is 5.97. The lowest BCUT2D eigenvalue weighted by atomic mass is 10.0. The summed E-state index contributed by atoms with van der Waals surface area (Å²) in [6, 6.07) is 1.57. The van der Waals surface area contributed by atoms with Gasteiger partial charge in [0, 0.05) is 32.9 Å². The topological polar surface area (TPSA) is 80.7 Å². The molecular weight excluding hydrogens is 248 g/mol. The van der Waals surface area contributed by atoms with Crippen LogP contribution in [0.4, 0.5) is 0 Å². The van der Waals surface area contributed by atoms with E-state index in [4.69, 9.17) is 9.47 Å². The highest BCUT2D eigenvalue weighted by atomic mass is 16.5. The van der Waals surface area contributed by atoms with Crippen molar-refractivity contribution in [1.29, 1.82) is 0 Å². The lowest BCUT2D eigenvalue weighted by molar-refractivity contribution is 0.0243. The van der Waals surface area contributed by atoms with E-state index < -0.39 is 5.60 Å². The van der Waals surface area contributed by atoms with Crippen LogP contribution in [0.3, 0.4) is 0 Å². The summed E-state index contributed by atoms with van der Waals surface area (Å²) in [5.41, 5.74) is -0.619. The maximum atomic E-state index is 12.0. The number of aliphatic hydroxyl groups is 1. The van der Waals surface area contributed by atoms with Gasteiger partial charge in [0.2, 0.25) is 0 Å². The van der Waals surface area contributed by atoms with E-state index in [9.17, 15) is 9.90 Å². The van der Waals surface area contributed by atoms with E-state index in [1.807, 2.05) is 0 Å². The summed E-state index contributed by atoms with van der Waals surface area (Å²) in [5.74, 6) is 0.0912. The molecule has 0 aliphatic heterocycles. The zero-order valence-electron chi connectivity index (χ0n) is 11.5. The van der Waals surface area contributed by atoms with E-state index in [0.717, 1.165) is 0 Å². The third kappa shape index (κ3) is 4.84. The summed E-state index contributed by atoms with van der Waals surface area (Å²) in [7, 11) is 3.04. The SMILES string of the molecule is COCCC(C)(O)CNC(=O)c1ccncc1OC. The van der Waals surface area contributed by atoms with Crippen LogP contribution in [-0.4, -0.2) is 49.0 Å². The predicted molar refractivity (Wildman–Crippen MR) is 70.2 cm³/mol. The summed E-state index contributed by atoms with van der Waals surface area (Å²) in [6.45, 7) is 2.22. The molecule has 19 heavy (non-hydrogen) atoms. The second-order valence-electron chi connectivity index (χ2n) is 4.50. The fraction of sp³-hybridized carbons (Fsp3) is 0.538. The molecular formula is C13H20N2O4. The molecule has 0 radical (unpaired) electrons. The first-order valence-corrected chi connectivity index (χ1v) is 5.97. The van der Waals surface area contributed by atoms with Gasteiger partial charge in [0.25, 0.3) is 5.91 Å².